The van der Waals surface area contributed by atoms with Crippen molar-refractivity contribution in [3.8, 4) is 0 Å². The lowest BCUT2D eigenvalue weighted by atomic mass is 9.49. The molecule has 4 aliphatic carbocycles. The number of nitrogens with two attached hydrogens (primary N) is 1. The number of nitrogen functional groups attached to an aromatic ring is 1. The molecule has 4 saturated carbocycles. The summed E-state index contributed by atoms with van der Waals surface area (Å²) in [6, 6.07) is 3.25. The highest BCUT2D eigenvalue weighted by atomic mass is 35.5. The van der Waals surface area contributed by atoms with Crippen LogP contribution in [0, 0.1) is 23.2 Å². The van der Waals surface area contributed by atoms with Crippen LogP contribution in [0.15, 0.2) is 12.1 Å². The molecule has 4 fully saturated rings. The summed E-state index contributed by atoms with van der Waals surface area (Å²) in [4.78, 5) is 13.0. The van der Waals surface area contributed by atoms with Crippen molar-refractivity contribution in [3.05, 3.63) is 22.2 Å². The molecular formula is C17H20Cl2N2O. The Bertz CT molecular complexity index is 585. The maximum Gasteiger partial charge on any atom is 0.230 e. The first kappa shape index (κ1) is 14.6. The molecule has 0 aromatic heterocycles. The van der Waals surface area contributed by atoms with Gasteiger partial charge in [-0.3, -0.25) is 4.79 Å². The van der Waals surface area contributed by atoms with E-state index in [2.05, 4.69) is 5.32 Å². The van der Waals surface area contributed by atoms with E-state index in [0.717, 1.165) is 37.0 Å². The minimum atomic E-state index is -0.204. The van der Waals surface area contributed by atoms with Crippen molar-refractivity contribution >= 4 is 40.5 Å². The summed E-state index contributed by atoms with van der Waals surface area (Å²) in [6.07, 6.45) is 7.02. The number of carbonyl (C=O) groups is 1. The summed E-state index contributed by atoms with van der Waals surface area (Å²) in [6.45, 7) is 0. The second kappa shape index (κ2) is 5.04. The van der Waals surface area contributed by atoms with Crippen LogP contribution in [0.2, 0.25) is 10.0 Å². The van der Waals surface area contributed by atoms with E-state index in [0.29, 0.717) is 21.4 Å². The highest BCUT2D eigenvalue weighted by molar-refractivity contribution is 6.37. The van der Waals surface area contributed by atoms with E-state index in [1.165, 1.54) is 19.3 Å². The lowest BCUT2D eigenvalue weighted by molar-refractivity contribution is -0.140. The highest BCUT2D eigenvalue weighted by Crippen LogP contribution is 2.60. The van der Waals surface area contributed by atoms with E-state index in [-0.39, 0.29) is 11.3 Å². The van der Waals surface area contributed by atoms with Crippen LogP contribution >= 0.6 is 23.2 Å². The van der Waals surface area contributed by atoms with Gasteiger partial charge in [0.25, 0.3) is 0 Å². The normalized spacial score (nSPS) is 35.6. The predicted octanol–water partition coefficient (Wildman–Crippen LogP) is 4.73. The van der Waals surface area contributed by atoms with Crippen LogP contribution < -0.4 is 11.1 Å². The number of hydrogen-bond donors (Lipinski definition) is 2. The minimum Gasteiger partial charge on any atom is -0.397 e. The van der Waals surface area contributed by atoms with E-state index >= 15 is 0 Å². The minimum absolute atomic E-state index is 0.0996. The van der Waals surface area contributed by atoms with Gasteiger partial charge in [0, 0.05) is 5.02 Å². The summed E-state index contributed by atoms with van der Waals surface area (Å²) in [7, 11) is 0. The van der Waals surface area contributed by atoms with E-state index in [4.69, 9.17) is 28.9 Å². The van der Waals surface area contributed by atoms with Crippen molar-refractivity contribution in [2.24, 2.45) is 23.2 Å². The summed E-state index contributed by atoms with van der Waals surface area (Å²) in [5.74, 6) is 2.29. The van der Waals surface area contributed by atoms with Crippen LogP contribution in [-0.4, -0.2) is 5.91 Å². The van der Waals surface area contributed by atoms with Gasteiger partial charge in [0.1, 0.15) is 0 Å². The van der Waals surface area contributed by atoms with E-state index in [1.807, 2.05) is 0 Å². The van der Waals surface area contributed by atoms with Crippen LogP contribution in [0.5, 0.6) is 0 Å². The molecule has 22 heavy (non-hydrogen) atoms. The fourth-order valence-corrected chi connectivity index (χ4v) is 5.92. The zero-order chi connectivity index (χ0) is 15.5. The summed E-state index contributed by atoms with van der Waals surface area (Å²) in [5.41, 5.74) is 6.71. The molecule has 5 rings (SSSR count). The number of carbonyl (C=O) groups excluding carboxylic acids is 1. The Balaban J connectivity index is 1.60. The van der Waals surface area contributed by atoms with Crippen LogP contribution in [-0.2, 0) is 4.79 Å². The van der Waals surface area contributed by atoms with Gasteiger partial charge < -0.3 is 11.1 Å². The zero-order valence-electron chi connectivity index (χ0n) is 12.4. The molecule has 1 amide bonds. The van der Waals surface area contributed by atoms with Crippen LogP contribution in [0.3, 0.4) is 0 Å². The van der Waals surface area contributed by atoms with E-state index < -0.39 is 0 Å². The fourth-order valence-electron chi connectivity index (χ4n) is 5.36. The molecule has 3 N–H and O–H groups in total. The predicted molar refractivity (Wildman–Crippen MR) is 90.1 cm³/mol. The Morgan fingerprint density at radius 2 is 1.64 bits per heavy atom. The number of nitrogens with one attached hydrogen (secondary N) is 1. The monoisotopic (exact) mass is 338 g/mol. The van der Waals surface area contributed by atoms with Gasteiger partial charge in [0.2, 0.25) is 5.91 Å². The van der Waals surface area contributed by atoms with Crippen molar-refractivity contribution < 1.29 is 4.79 Å². The third-order valence-electron chi connectivity index (χ3n) is 5.84. The molecule has 0 unspecified atom stereocenters. The molecular weight excluding hydrogens is 319 g/mol. The van der Waals surface area contributed by atoms with Crippen molar-refractivity contribution in [2.45, 2.75) is 38.5 Å². The van der Waals surface area contributed by atoms with Gasteiger partial charge in [-0.15, -0.1) is 0 Å². The van der Waals surface area contributed by atoms with Gasteiger partial charge >= 0.3 is 0 Å². The molecule has 118 valence electrons. The molecule has 0 spiro atoms. The van der Waals surface area contributed by atoms with E-state index in [1.54, 1.807) is 12.1 Å². The Morgan fingerprint density at radius 3 is 2.14 bits per heavy atom. The molecule has 0 heterocycles. The van der Waals surface area contributed by atoms with Crippen molar-refractivity contribution in [1.29, 1.82) is 0 Å². The van der Waals surface area contributed by atoms with Gasteiger partial charge in [-0.2, -0.15) is 0 Å². The van der Waals surface area contributed by atoms with Gasteiger partial charge in [-0.25, -0.2) is 0 Å². The number of benzene rings is 1. The number of halogens is 2. The second-order valence-electron chi connectivity index (χ2n) is 7.50. The third-order valence-corrected chi connectivity index (χ3v) is 6.36. The lowest BCUT2D eigenvalue weighted by Crippen LogP contribution is -2.51. The molecule has 3 nitrogen and oxygen atoms in total. The number of hydrogen-bond acceptors (Lipinski definition) is 2. The molecule has 0 atom stereocenters. The smallest absolute Gasteiger partial charge is 0.230 e. The van der Waals surface area contributed by atoms with Crippen molar-refractivity contribution in [3.63, 3.8) is 0 Å². The Labute approximate surface area is 140 Å². The van der Waals surface area contributed by atoms with Crippen LogP contribution in [0.25, 0.3) is 0 Å². The quantitative estimate of drug-likeness (QED) is 0.765. The number of amides is 1. The summed E-state index contributed by atoms with van der Waals surface area (Å²) < 4.78 is 0. The van der Waals surface area contributed by atoms with Crippen molar-refractivity contribution in [2.75, 3.05) is 11.1 Å². The maximum atomic E-state index is 13.0. The SMILES string of the molecule is Nc1cc(Cl)cc(Cl)c1NC(=O)C12CC3CC(CC(C3)C1)C2. The average Bonchev–Trinajstić information content (AvgIpc) is 2.41. The first-order chi connectivity index (χ1) is 10.4. The largest absolute Gasteiger partial charge is 0.397 e. The molecule has 0 aliphatic heterocycles. The lowest BCUT2D eigenvalue weighted by Gasteiger charge is -2.55. The molecule has 4 bridgehead atoms. The third kappa shape index (κ3) is 2.30. The summed E-state index contributed by atoms with van der Waals surface area (Å²) >= 11 is 12.1. The number of rotatable bonds is 2. The topological polar surface area (TPSA) is 55.1 Å². The molecule has 5 heteroatoms. The van der Waals surface area contributed by atoms with Gasteiger partial charge in [-0.1, -0.05) is 23.2 Å². The maximum absolute atomic E-state index is 13.0. The summed E-state index contributed by atoms with van der Waals surface area (Å²) in [5, 5.41) is 3.90. The average molecular weight is 339 g/mol. The zero-order valence-corrected chi connectivity index (χ0v) is 13.9. The first-order valence-electron chi connectivity index (χ1n) is 8.01. The molecule has 4 aliphatic rings. The molecule has 0 radical (unpaired) electrons. The molecule has 0 saturated heterocycles. The first-order valence-corrected chi connectivity index (χ1v) is 8.77. The molecule has 1 aromatic rings. The highest BCUT2D eigenvalue weighted by Gasteiger charge is 2.54. The van der Waals surface area contributed by atoms with Gasteiger partial charge in [-0.05, 0) is 68.4 Å². The fraction of sp³-hybridized carbons (Fsp3) is 0.588. The van der Waals surface area contributed by atoms with E-state index in [9.17, 15) is 4.79 Å². The standard InChI is InChI=1S/C17H20Cl2N2O/c18-12-4-13(19)15(14(20)5-12)21-16(22)17-6-9-1-10(7-17)3-11(2-9)8-17/h4-5,9-11H,1-3,6-8,20H2,(H,21,22). The Kier molecular flexibility index (Phi) is 3.35. The van der Waals surface area contributed by atoms with Gasteiger partial charge in [0.15, 0.2) is 0 Å². The van der Waals surface area contributed by atoms with Crippen LogP contribution in [0.1, 0.15) is 38.5 Å². The van der Waals surface area contributed by atoms with Crippen molar-refractivity contribution in [1.82, 2.24) is 0 Å². The van der Waals surface area contributed by atoms with Gasteiger partial charge in [0.05, 0.1) is 21.8 Å². The molecule has 1 aromatic carbocycles. The number of anilines is 2. The second-order valence-corrected chi connectivity index (χ2v) is 8.35. The Morgan fingerprint density at radius 1 is 1.09 bits per heavy atom. The Hall–Kier alpha value is -0.930. The van der Waals surface area contributed by atoms with Crippen LogP contribution in [0.4, 0.5) is 11.4 Å².